The first-order chi connectivity index (χ1) is 9.65. The van der Waals surface area contributed by atoms with Crippen LogP contribution in [-0.4, -0.2) is 38.5 Å². The lowest BCUT2D eigenvalue weighted by molar-refractivity contribution is 0.0336. The van der Waals surface area contributed by atoms with E-state index in [1.54, 1.807) is 13.2 Å². The predicted octanol–water partition coefficient (Wildman–Crippen LogP) is 2.03. The van der Waals surface area contributed by atoms with Gasteiger partial charge >= 0.3 is 0 Å². The fourth-order valence-electron chi connectivity index (χ4n) is 1.61. The van der Waals surface area contributed by atoms with E-state index < -0.39 is 0 Å². The van der Waals surface area contributed by atoms with E-state index in [0.29, 0.717) is 38.6 Å². The van der Waals surface area contributed by atoms with Crippen LogP contribution in [0.25, 0.3) is 0 Å². The Labute approximate surface area is 124 Å². The van der Waals surface area contributed by atoms with Crippen LogP contribution in [0.1, 0.15) is 17.5 Å². The summed E-state index contributed by atoms with van der Waals surface area (Å²) in [6.07, 6.45) is 0.861. The van der Waals surface area contributed by atoms with Gasteiger partial charge in [0.15, 0.2) is 0 Å². The smallest absolute Gasteiger partial charge is 0.123 e. The van der Waals surface area contributed by atoms with E-state index in [4.69, 9.17) is 32.2 Å². The summed E-state index contributed by atoms with van der Waals surface area (Å²) in [5.74, 6) is -0.363. The first-order valence-corrected chi connectivity index (χ1v) is 6.78. The Kier molecular flexibility index (Phi) is 8.29. The predicted molar refractivity (Wildman–Crippen MR) is 79.3 cm³/mol. The zero-order valence-electron chi connectivity index (χ0n) is 11.6. The Morgan fingerprint density at radius 2 is 1.95 bits per heavy atom. The molecule has 0 aliphatic carbocycles. The highest BCUT2D eigenvalue weighted by molar-refractivity contribution is 7.80. The number of hydrogen-bond donors (Lipinski definition) is 1. The van der Waals surface area contributed by atoms with E-state index in [2.05, 4.69) is 0 Å². The number of benzene rings is 1. The van der Waals surface area contributed by atoms with Gasteiger partial charge in [-0.05, 0) is 24.1 Å². The molecule has 1 aromatic carbocycles. The van der Waals surface area contributed by atoms with Crippen molar-refractivity contribution in [2.24, 2.45) is 5.73 Å². The second-order valence-electron chi connectivity index (χ2n) is 4.18. The van der Waals surface area contributed by atoms with Crippen molar-refractivity contribution in [1.29, 1.82) is 0 Å². The normalized spacial score (nSPS) is 10.7. The minimum atomic E-state index is -0.363. The van der Waals surface area contributed by atoms with E-state index in [-0.39, 0.29) is 10.8 Å². The molecule has 1 rings (SSSR count). The molecule has 0 bridgehead atoms. The van der Waals surface area contributed by atoms with Crippen molar-refractivity contribution >= 4 is 17.2 Å². The molecule has 0 unspecified atom stereocenters. The Morgan fingerprint density at radius 1 is 1.20 bits per heavy atom. The SMILES string of the molecule is COCCCOCCOCc1ccc(F)cc1C(N)=S. The molecular weight excluding hydrogens is 281 g/mol. The van der Waals surface area contributed by atoms with Crippen molar-refractivity contribution in [3.05, 3.63) is 35.1 Å². The molecule has 0 radical (unpaired) electrons. The summed E-state index contributed by atoms with van der Waals surface area (Å²) in [5.41, 5.74) is 6.85. The van der Waals surface area contributed by atoms with Crippen molar-refractivity contribution in [1.82, 2.24) is 0 Å². The van der Waals surface area contributed by atoms with Crippen LogP contribution >= 0.6 is 12.2 Å². The van der Waals surface area contributed by atoms with Gasteiger partial charge in [-0.3, -0.25) is 0 Å². The number of thiocarbonyl (C=S) groups is 1. The lowest BCUT2D eigenvalue weighted by Gasteiger charge is -2.09. The van der Waals surface area contributed by atoms with Crippen LogP contribution in [-0.2, 0) is 20.8 Å². The summed E-state index contributed by atoms with van der Waals surface area (Å²) in [5, 5.41) is 0. The van der Waals surface area contributed by atoms with Crippen molar-refractivity contribution in [2.45, 2.75) is 13.0 Å². The first kappa shape index (κ1) is 17.0. The molecule has 0 amide bonds. The van der Waals surface area contributed by atoms with Crippen molar-refractivity contribution in [2.75, 3.05) is 33.5 Å². The van der Waals surface area contributed by atoms with E-state index in [1.165, 1.54) is 12.1 Å². The summed E-state index contributed by atoms with van der Waals surface area (Å²) in [4.78, 5) is 0.166. The van der Waals surface area contributed by atoms with Crippen molar-refractivity contribution in [3.63, 3.8) is 0 Å². The zero-order chi connectivity index (χ0) is 14.8. The van der Waals surface area contributed by atoms with E-state index in [1.807, 2.05) is 0 Å². The minimum Gasteiger partial charge on any atom is -0.389 e. The van der Waals surface area contributed by atoms with Gasteiger partial charge in [0.05, 0.1) is 19.8 Å². The van der Waals surface area contributed by atoms with Gasteiger partial charge in [0.1, 0.15) is 10.8 Å². The summed E-state index contributed by atoms with van der Waals surface area (Å²) in [6, 6.07) is 4.31. The molecule has 0 fully saturated rings. The van der Waals surface area contributed by atoms with Crippen LogP contribution in [0.5, 0.6) is 0 Å². The lowest BCUT2D eigenvalue weighted by Crippen LogP contribution is -2.14. The van der Waals surface area contributed by atoms with Crippen molar-refractivity contribution in [3.8, 4) is 0 Å². The Balaban J connectivity index is 2.27. The molecule has 0 atom stereocenters. The van der Waals surface area contributed by atoms with Crippen LogP contribution in [0.2, 0.25) is 0 Å². The quantitative estimate of drug-likeness (QED) is 0.529. The molecule has 6 heteroatoms. The monoisotopic (exact) mass is 301 g/mol. The Hall–Kier alpha value is -1.08. The highest BCUT2D eigenvalue weighted by Crippen LogP contribution is 2.12. The Bertz CT molecular complexity index is 429. The van der Waals surface area contributed by atoms with Gasteiger partial charge in [-0.15, -0.1) is 0 Å². The third-order valence-electron chi connectivity index (χ3n) is 2.60. The number of halogens is 1. The van der Waals surface area contributed by atoms with Gasteiger partial charge in [0, 0.05) is 25.9 Å². The van der Waals surface area contributed by atoms with Crippen molar-refractivity contribution < 1.29 is 18.6 Å². The molecule has 0 aliphatic heterocycles. The molecule has 2 N–H and O–H groups in total. The molecule has 20 heavy (non-hydrogen) atoms. The van der Waals surface area contributed by atoms with E-state index >= 15 is 0 Å². The fraction of sp³-hybridized carbons (Fsp3) is 0.500. The highest BCUT2D eigenvalue weighted by atomic mass is 32.1. The molecule has 112 valence electrons. The van der Waals surface area contributed by atoms with Gasteiger partial charge in [0.25, 0.3) is 0 Å². The van der Waals surface area contributed by atoms with Gasteiger partial charge in [-0.25, -0.2) is 4.39 Å². The molecular formula is C14H20FNO3S. The highest BCUT2D eigenvalue weighted by Gasteiger charge is 2.06. The first-order valence-electron chi connectivity index (χ1n) is 6.37. The molecule has 1 aromatic rings. The number of hydrogen-bond acceptors (Lipinski definition) is 4. The lowest BCUT2D eigenvalue weighted by atomic mass is 10.1. The molecule has 0 spiro atoms. The van der Waals surface area contributed by atoms with E-state index in [0.717, 1.165) is 12.0 Å². The molecule has 0 heterocycles. The van der Waals surface area contributed by atoms with Crippen LogP contribution in [0.15, 0.2) is 18.2 Å². The van der Waals surface area contributed by atoms with Crippen LogP contribution in [0.4, 0.5) is 4.39 Å². The van der Waals surface area contributed by atoms with Crippen LogP contribution in [0.3, 0.4) is 0 Å². The van der Waals surface area contributed by atoms with E-state index in [9.17, 15) is 4.39 Å². The maximum atomic E-state index is 13.1. The van der Waals surface area contributed by atoms with Crippen LogP contribution < -0.4 is 5.73 Å². The third-order valence-corrected chi connectivity index (χ3v) is 2.82. The van der Waals surface area contributed by atoms with Gasteiger partial charge in [0.2, 0.25) is 0 Å². The maximum absolute atomic E-state index is 13.1. The zero-order valence-corrected chi connectivity index (χ0v) is 12.4. The molecule has 0 saturated heterocycles. The topological polar surface area (TPSA) is 53.7 Å². The third kappa shape index (κ3) is 6.38. The standard InChI is InChI=1S/C14H20FNO3S/c1-17-5-2-6-18-7-8-19-10-11-3-4-12(15)9-13(11)14(16)20/h3-4,9H,2,5-8,10H2,1H3,(H2,16,20). The second kappa shape index (κ2) is 9.77. The molecule has 0 aromatic heterocycles. The number of nitrogens with two attached hydrogens (primary N) is 1. The fourth-order valence-corrected chi connectivity index (χ4v) is 1.80. The summed E-state index contributed by atoms with van der Waals surface area (Å²) >= 11 is 4.89. The number of ether oxygens (including phenoxy) is 3. The average Bonchev–Trinajstić information content (AvgIpc) is 2.43. The molecule has 4 nitrogen and oxygen atoms in total. The maximum Gasteiger partial charge on any atom is 0.123 e. The summed E-state index contributed by atoms with van der Waals surface area (Å²) in [7, 11) is 1.66. The Morgan fingerprint density at radius 3 is 2.65 bits per heavy atom. The number of methoxy groups -OCH3 is 1. The van der Waals surface area contributed by atoms with Crippen LogP contribution in [0, 0.1) is 5.82 Å². The average molecular weight is 301 g/mol. The number of rotatable bonds is 10. The largest absolute Gasteiger partial charge is 0.389 e. The molecule has 0 aliphatic rings. The van der Waals surface area contributed by atoms with Gasteiger partial charge in [-0.2, -0.15) is 0 Å². The van der Waals surface area contributed by atoms with Gasteiger partial charge < -0.3 is 19.9 Å². The minimum absolute atomic E-state index is 0.166. The second-order valence-corrected chi connectivity index (χ2v) is 4.62. The molecule has 0 saturated carbocycles. The summed E-state index contributed by atoms with van der Waals surface area (Å²) < 4.78 is 28.8. The van der Waals surface area contributed by atoms with Gasteiger partial charge in [-0.1, -0.05) is 18.3 Å². The summed E-state index contributed by atoms with van der Waals surface area (Å²) in [6.45, 7) is 2.63.